The smallest absolute Gasteiger partial charge is 0.304 e. The van der Waals surface area contributed by atoms with Crippen molar-refractivity contribution < 1.29 is 18.3 Å². The summed E-state index contributed by atoms with van der Waals surface area (Å²) in [6.45, 7) is 0.997. The zero-order chi connectivity index (χ0) is 13.2. The molecular weight excluding hydrogens is 254 g/mol. The number of hydrogen-bond donors (Lipinski definition) is 1. The predicted octanol–water partition coefficient (Wildman–Crippen LogP) is 1.22. The van der Waals surface area contributed by atoms with Crippen LogP contribution in [0.1, 0.15) is 32.1 Å². The van der Waals surface area contributed by atoms with Gasteiger partial charge in [0, 0.05) is 13.1 Å². The van der Waals surface area contributed by atoms with Crippen molar-refractivity contribution >= 4 is 16.0 Å². The third kappa shape index (κ3) is 3.11. The van der Waals surface area contributed by atoms with E-state index in [-0.39, 0.29) is 12.2 Å². The highest BCUT2D eigenvalue weighted by atomic mass is 32.2. The minimum Gasteiger partial charge on any atom is -0.481 e. The minimum absolute atomic E-state index is 0.291. The lowest BCUT2D eigenvalue weighted by molar-refractivity contribution is -0.136. The Labute approximate surface area is 108 Å². The van der Waals surface area contributed by atoms with Crippen LogP contribution in [0.25, 0.3) is 0 Å². The molecule has 0 amide bonds. The van der Waals surface area contributed by atoms with E-state index in [1.807, 2.05) is 0 Å². The van der Waals surface area contributed by atoms with Gasteiger partial charge < -0.3 is 5.11 Å². The fourth-order valence-corrected chi connectivity index (χ4v) is 4.11. The molecule has 0 spiro atoms. The Kier molecular flexibility index (Phi) is 4.07. The Bertz CT molecular complexity index is 455. The second-order valence-electron chi connectivity index (χ2n) is 4.99. The third-order valence-corrected chi connectivity index (χ3v) is 5.56. The topological polar surface area (TPSA) is 74.7 Å². The van der Waals surface area contributed by atoms with Crippen molar-refractivity contribution in [2.75, 3.05) is 18.8 Å². The van der Waals surface area contributed by atoms with Crippen LogP contribution in [-0.2, 0) is 14.8 Å². The second-order valence-corrected chi connectivity index (χ2v) is 7.08. The van der Waals surface area contributed by atoms with E-state index in [2.05, 4.69) is 6.08 Å². The quantitative estimate of drug-likeness (QED) is 0.782. The molecule has 1 fully saturated rings. The number of carbonyl (C=O) groups is 1. The molecule has 1 N–H and O–H groups in total. The minimum atomic E-state index is -3.42. The molecule has 0 aromatic carbocycles. The molecule has 0 bridgehead atoms. The van der Waals surface area contributed by atoms with Gasteiger partial charge >= 0.3 is 5.97 Å². The van der Waals surface area contributed by atoms with E-state index in [4.69, 9.17) is 5.11 Å². The van der Waals surface area contributed by atoms with Crippen LogP contribution in [0, 0.1) is 5.92 Å². The summed E-state index contributed by atoms with van der Waals surface area (Å²) in [6, 6.07) is 0. The molecule has 0 aromatic heterocycles. The molecule has 1 unspecified atom stereocenters. The molecule has 1 atom stereocenters. The lowest BCUT2D eigenvalue weighted by Crippen LogP contribution is -2.41. The summed E-state index contributed by atoms with van der Waals surface area (Å²) in [7, 11) is -3.42. The second kappa shape index (κ2) is 5.40. The number of allylic oxidation sites excluding steroid dienone is 1. The number of piperidine rings is 1. The maximum Gasteiger partial charge on any atom is 0.304 e. The number of aliphatic carboxylic acids is 1. The molecule has 5 nitrogen and oxygen atoms in total. The lowest BCUT2D eigenvalue weighted by Gasteiger charge is -2.35. The Morgan fingerprint density at radius 3 is 2.94 bits per heavy atom. The largest absolute Gasteiger partial charge is 0.481 e. The van der Waals surface area contributed by atoms with Gasteiger partial charge in [0.1, 0.15) is 0 Å². The van der Waals surface area contributed by atoms with Gasteiger partial charge in [-0.25, -0.2) is 8.42 Å². The number of hydrogen-bond acceptors (Lipinski definition) is 3. The number of nitrogens with zero attached hydrogens (tertiary/aromatic N) is 1. The van der Waals surface area contributed by atoms with E-state index < -0.39 is 16.0 Å². The molecule has 0 saturated carbocycles. The number of fused-ring (bicyclic) bond motifs is 1. The molecule has 102 valence electrons. The van der Waals surface area contributed by atoms with Crippen molar-refractivity contribution in [1.82, 2.24) is 4.31 Å². The van der Waals surface area contributed by atoms with Crippen LogP contribution in [0.5, 0.6) is 0 Å². The van der Waals surface area contributed by atoms with Crippen LogP contribution < -0.4 is 0 Å². The molecule has 18 heavy (non-hydrogen) atoms. The Balaban J connectivity index is 2.01. The molecule has 1 aliphatic carbocycles. The summed E-state index contributed by atoms with van der Waals surface area (Å²) in [4.78, 5) is 10.5. The van der Waals surface area contributed by atoms with Crippen molar-refractivity contribution in [3.8, 4) is 0 Å². The van der Waals surface area contributed by atoms with Gasteiger partial charge in [-0.3, -0.25) is 4.79 Å². The number of rotatable bonds is 4. The summed E-state index contributed by atoms with van der Waals surface area (Å²) in [5, 5.41) is 8.57. The number of sulfonamides is 1. The van der Waals surface area contributed by atoms with Gasteiger partial charge in [0.25, 0.3) is 0 Å². The molecule has 2 aliphatic rings. The average molecular weight is 273 g/mol. The van der Waals surface area contributed by atoms with Crippen LogP contribution in [0.3, 0.4) is 0 Å². The summed E-state index contributed by atoms with van der Waals surface area (Å²) in [5.41, 5.74) is 1.23. The van der Waals surface area contributed by atoms with Crippen LogP contribution in [-0.4, -0.2) is 42.6 Å². The normalized spacial score (nSPS) is 25.3. The fraction of sp³-hybridized carbons (Fsp3) is 0.750. The fourth-order valence-electron chi connectivity index (χ4n) is 2.69. The first-order valence-electron chi connectivity index (χ1n) is 6.37. The lowest BCUT2D eigenvalue weighted by atomic mass is 9.83. The molecule has 2 rings (SSSR count). The van der Waals surface area contributed by atoms with Crippen molar-refractivity contribution in [2.45, 2.75) is 32.1 Å². The average Bonchev–Trinajstić information content (AvgIpc) is 2.36. The summed E-state index contributed by atoms with van der Waals surface area (Å²) in [6.07, 6.45) is 6.11. The van der Waals surface area contributed by atoms with Gasteiger partial charge in [0.15, 0.2) is 0 Å². The molecule has 1 saturated heterocycles. The van der Waals surface area contributed by atoms with Crippen LogP contribution in [0.4, 0.5) is 0 Å². The molecule has 6 heteroatoms. The highest BCUT2D eigenvalue weighted by Gasteiger charge is 2.31. The first kappa shape index (κ1) is 13.5. The summed E-state index contributed by atoms with van der Waals surface area (Å²) in [5.74, 6) is -0.810. The SMILES string of the molecule is O=C(O)CCS(=O)(=O)N1CCC2CCCC=C2C1. The van der Waals surface area contributed by atoms with Gasteiger partial charge in [-0.1, -0.05) is 11.6 Å². The molecule has 1 heterocycles. The van der Waals surface area contributed by atoms with Gasteiger partial charge in [-0.2, -0.15) is 4.31 Å². The van der Waals surface area contributed by atoms with Gasteiger partial charge in [-0.15, -0.1) is 0 Å². The molecule has 0 radical (unpaired) electrons. The Morgan fingerprint density at radius 1 is 1.44 bits per heavy atom. The van der Waals surface area contributed by atoms with E-state index >= 15 is 0 Å². The van der Waals surface area contributed by atoms with Crippen molar-refractivity contribution in [2.24, 2.45) is 5.92 Å². The Morgan fingerprint density at radius 2 is 2.22 bits per heavy atom. The summed E-state index contributed by atoms with van der Waals surface area (Å²) >= 11 is 0. The van der Waals surface area contributed by atoms with Crippen molar-refractivity contribution in [3.05, 3.63) is 11.6 Å². The monoisotopic (exact) mass is 273 g/mol. The van der Waals surface area contributed by atoms with Gasteiger partial charge in [0.05, 0.1) is 12.2 Å². The maximum atomic E-state index is 12.0. The maximum absolute atomic E-state index is 12.0. The Hall–Kier alpha value is -0.880. The van der Waals surface area contributed by atoms with Gasteiger partial charge in [0.2, 0.25) is 10.0 Å². The van der Waals surface area contributed by atoms with E-state index in [0.717, 1.165) is 19.3 Å². The highest BCUT2D eigenvalue weighted by Crippen LogP contribution is 2.32. The number of carboxylic acid groups (broad SMARTS) is 1. The van der Waals surface area contributed by atoms with E-state index in [0.29, 0.717) is 19.0 Å². The standard InChI is InChI=1S/C12H19NO4S/c14-12(15)6-8-18(16,17)13-7-5-10-3-1-2-4-11(10)9-13/h4,10H,1-3,5-9H2,(H,14,15). The highest BCUT2D eigenvalue weighted by molar-refractivity contribution is 7.89. The number of carboxylic acids is 1. The van der Waals surface area contributed by atoms with Gasteiger partial charge in [-0.05, 0) is 31.6 Å². The zero-order valence-electron chi connectivity index (χ0n) is 10.3. The van der Waals surface area contributed by atoms with Crippen molar-refractivity contribution in [3.63, 3.8) is 0 Å². The zero-order valence-corrected chi connectivity index (χ0v) is 11.2. The van der Waals surface area contributed by atoms with E-state index in [1.54, 1.807) is 0 Å². The first-order valence-corrected chi connectivity index (χ1v) is 7.98. The van der Waals surface area contributed by atoms with E-state index in [1.165, 1.54) is 16.3 Å². The third-order valence-electron chi connectivity index (χ3n) is 3.74. The predicted molar refractivity (Wildman–Crippen MR) is 67.7 cm³/mol. The van der Waals surface area contributed by atoms with Crippen molar-refractivity contribution in [1.29, 1.82) is 0 Å². The first-order chi connectivity index (χ1) is 8.49. The van der Waals surface area contributed by atoms with E-state index in [9.17, 15) is 13.2 Å². The van der Waals surface area contributed by atoms with Crippen LogP contribution in [0.2, 0.25) is 0 Å². The molecular formula is C12H19NO4S. The van der Waals surface area contributed by atoms with Crippen LogP contribution in [0.15, 0.2) is 11.6 Å². The van der Waals surface area contributed by atoms with Crippen LogP contribution >= 0.6 is 0 Å². The summed E-state index contributed by atoms with van der Waals surface area (Å²) < 4.78 is 25.4. The molecule has 0 aromatic rings. The molecule has 1 aliphatic heterocycles.